The number of hydrogen-bond donors (Lipinski definition) is 4. The van der Waals surface area contributed by atoms with Gasteiger partial charge in [0.05, 0.1) is 18.8 Å². The zero-order chi connectivity index (χ0) is 13.3. The van der Waals surface area contributed by atoms with Gasteiger partial charge in [-0.05, 0) is 0 Å². The summed E-state index contributed by atoms with van der Waals surface area (Å²) in [5.74, 6) is -2.74. The minimum atomic E-state index is -1.41. The lowest BCUT2D eigenvalue weighted by Gasteiger charge is -2.11. The fourth-order valence-corrected chi connectivity index (χ4v) is 2.42. The van der Waals surface area contributed by atoms with E-state index >= 15 is 0 Å². The van der Waals surface area contributed by atoms with E-state index in [-0.39, 0.29) is 12.4 Å². The van der Waals surface area contributed by atoms with Crippen LogP contribution < -0.4 is 5.32 Å². The highest BCUT2D eigenvalue weighted by atomic mass is 33.1. The number of aliphatic hydroxyl groups excluding tert-OH is 1. The Morgan fingerprint density at radius 2 is 1.82 bits per heavy atom. The molecule has 7 nitrogen and oxygen atoms in total. The van der Waals surface area contributed by atoms with Gasteiger partial charge in [-0.3, -0.25) is 9.59 Å². The summed E-state index contributed by atoms with van der Waals surface area (Å²) in [6, 6.07) is -1.41. The van der Waals surface area contributed by atoms with Crippen molar-refractivity contribution in [3.05, 3.63) is 0 Å². The first-order valence-corrected chi connectivity index (χ1v) is 7.05. The molecule has 0 spiro atoms. The smallest absolute Gasteiger partial charge is 0.326 e. The second kappa shape index (κ2) is 9.14. The molecule has 0 aromatic heterocycles. The van der Waals surface area contributed by atoms with Gasteiger partial charge in [0.1, 0.15) is 6.04 Å². The fourth-order valence-electron chi connectivity index (χ4n) is 0.802. The summed E-state index contributed by atoms with van der Waals surface area (Å²) in [5.41, 5.74) is 0. The van der Waals surface area contributed by atoms with E-state index < -0.39 is 30.3 Å². The van der Waals surface area contributed by atoms with Crippen molar-refractivity contribution in [1.82, 2.24) is 5.32 Å². The van der Waals surface area contributed by atoms with Crippen LogP contribution in [0, 0.1) is 0 Å². The third-order valence-corrected chi connectivity index (χ3v) is 3.71. The summed E-state index contributed by atoms with van der Waals surface area (Å²) in [7, 11) is 2.44. The predicted octanol–water partition coefficient (Wildman–Crippen LogP) is -0.596. The van der Waals surface area contributed by atoms with E-state index in [0.29, 0.717) is 5.75 Å². The lowest BCUT2D eigenvalue weighted by Crippen LogP contribution is -2.42. The highest BCUT2D eigenvalue weighted by Crippen LogP contribution is 2.19. The van der Waals surface area contributed by atoms with Gasteiger partial charge in [-0.1, -0.05) is 21.6 Å². The lowest BCUT2D eigenvalue weighted by molar-refractivity contribution is -0.147. The van der Waals surface area contributed by atoms with Gasteiger partial charge in [-0.25, -0.2) is 4.79 Å². The number of aliphatic carboxylic acids is 2. The van der Waals surface area contributed by atoms with Crippen molar-refractivity contribution in [2.24, 2.45) is 0 Å². The fraction of sp³-hybridized carbons (Fsp3) is 0.625. The molecule has 0 aliphatic rings. The standard InChI is InChI=1S/C8H13NO6S2/c10-1-2-16-17-4-6(11)9-5(8(14)15)3-7(12)13/h5,10H,1-4H2,(H,9,11)(H,12,13)(H,14,15). The summed E-state index contributed by atoms with van der Waals surface area (Å²) < 4.78 is 0. The number of carboxylic acids is 2. The van der Waals surface area contributed by atoms with E-state index in [1.807, 2.05) is 0 Å². The van der Waals surface area contributed by atoms with Crippen molar-refractivity contribution >= 4 is 39.4 Å². The van der Waals surface area contributed by atoms with E-state index in [9.17, 15) is 14.4 Å². The van der Waals surface area contributed by atoms with Gasteiger partial charge < -0.3 is 20.6 Å². The highest BCUT2D eigenvalue weighted by Gasteiger charge is 2.22. The van der Waals surface area contributed by atoms with E-state index in [1.54, 1.807) is 0 Å². The molecule has 0 saturated carbocycles. The van der Waals surface area contributed by atoms with Crippen molar-refractivity contribution in [2.75, 3.05) is 18.1 Å². The molecular formula is C8H13NO6S2. The van der Waals surface area contributed by atoms with Gasteiger partial charge in [0.25, 0.3) is 0 Å². The maximum atomic E-state index is 11.2. The van der Waals surface area contributed by atoms with Gasteiger partial charge in [-0.2, -0.15) is 0 Å². The molecule has 0 bridgehead atoms. The van der Waals surface area contributed by atoms with E-state index in [4.69, 9.17) is 15.3 Å². The van der Waals surface area contributed by atoms with Crippen LogP contribution in [0.25, 0.3) is 0 Å². The summed E-state index contributed by atoms with van der Waals surface area (Å²) in [4.78, 5) is 32.2. The second-order valence-electron chi connectivity index (χ2n) is 2.86. The number of hydrogen-bond acceptors (Lipinski definition) is 6. The average molecular weight is 283 g/mol. The quantitative estimate of drug-likeness (QED) is 0.327. The molecule has 1 amide bonds. The molecule has 98 valence electrons. The zero-order valence-electron chi connectivity index (χ0n) is 8.79. The molecule has 1 atom stereocenters. The van der Waals surface area contributed by atoms with Gasteiger partial charge in [0.2, 0.25) is 5.91 Å². The van der Waals surface area contributed by atoms with Crippen LogP contribution in [0.3, 0.4) is 0 Å². The summed E-state index contributed by atoms with van der Waals surface area (Å²) in [5, 5.41) is 27.7. The molecule has 0 radical (unpaired) electrons. The Hall–Kier alpha value is -0.930. The molecular weight excluding hydrogens is 270 g/mol. The van der Waals surface area contributed by atoms with Crippen molar-refractivity contribution in [3.63, 3.8) is 0 Å². The number of carbonyl (C=O) groups excluding carboxylic acids is 1. The largest absolute Gasteiger partial charge is 0.481 e. The molecule has 0 aromatic rings. The van der Waals surface area contributed by atoms with Crippen LogP contribution in [0.4, 0.5) is 0 Å². The maximum Gasteiger partial charge on any atom is 0.326 e. The van der Waals surface area contributed by atoms with Gasteiger partial charge in [0.15, 0.2) is 0 Å². The topological polar surface area (TPSA) is 124 Å². The Morgan fingerprint density at radius 1 is 1.18 bits per heavy atom. The van der Waals surface area contributed by atoms with Crippen LogP contribution in [0.15, 0.2) is 0 Å². The third-order valence-electron chi connectivity index (χ3n) is 1.46. The molecule has 4 N–H and O–H groups in total. The summed E-state index contributed by atoms with van der Waals surface area (Å²) in [6.07, 6.45) is -0.657. The molecule has 9 heteroatoms. The number of nitrogens with one attached hydrogen (secondary N) is 1. The molecule has 0 aliphatic carbocycles. The van der Waals surface area contributed by atoms with E-state index in [2.05, 4.69) is 5.32 Å². The Kier molecular flexibility index (Phi) is 8.64. The Labute approximate surface area is 105 Å². The van der Waals surface area contributed by atoms with Crippen LogP contribution in [0.2, 0.25) is 0 Å². The number of rotatable bonds is 9. The van der Waals surface area contributed by atoms with Crippen LogP contribution in [-0.4, -0.2) is 57.3 Å². The SMILES string of the molecule is O=C(O)CC(NC(=O)CSSCCO)C(=O)O. The number of carboxylic acid groups (broad SMARTS) is 2. The molecule has 0 fully saturated rings. The van der Waals surface area contributed by atoms with Crippen molar-refractivity contribution in [3.8, 4) is 0 Å². The van der Waals surface area contributed by atoms with Crippen LogP contribution in [-0.2, 0) is 14.4 Å². The lowest BCUT2D eigenvalue weighted by atomic mass is 10.2. The normalized spacial score (nSPS) is 11.8. The van der Waals surface area contributed by atoms with Crippen LogP contribution in [0.1, 0.15) is 6.42 Å². The Bertz CT molecular complexity index is 285. The van der Waals surface area contributed by atoms with Gasteiger partial charge in [-0.15, -0.1) is 0 Å². The van der Waals surface area contributed by atoms with Gasteiger partial charge in [0, 0.05) is 5.75 Å². The van der Waals surface area contributed by atoms with Crippen molar-refractivity contribution in [1.29, 1.82) is 0 Å². The monoisotopic (exact) mass is 283 g/mol. The van der Waals surface area contributed by atoms with E-state index in [0.717, 1.165) is 10.8 Å². The first-order valence-electron chi connectivity index (χ1n) is 4.56. The predicted molar refractivity (Wildman–Crippen MR) is 63.8 cm³/mol. The van der Waals surface area contributed by atoms with Crippen LogP contribution >= 0.6 is 21.6 Å². The van der Waals surface area contributed by atoms with E-state index in [1.165, 1.54) is 10.8 Å². The molecule has 0 saturated heterocycles. The first-order chi connectivity index (χ1) is 7.97. The molecule has 17 heavy (non-hydrogen) atoms. The minimum Gasteiger partial charge on any atom is -0.481 e. The van der Waals surface area contributed by atoms with Gasteiger partial charge >= 0.3 is 11.9 Å². The third kappa shape index (κ3) is 8.83. The molecule has 0 aliphatic heterocycles. The zero-order valence-corrected chi connectivity index (χ0v) is 10.4. The molecule has 0 rings (SSSR count). The number of amides is 1. The summed E-state index contributed by atoms with van der Waals surface area (Å²) >= 11 is 0. The summed E-state index contributed by atoms with van der Waals surface area (Å²) in [6.45, 7) is -0.00392. The van der Waals surface area contributed by atoms with Crippen molar-refractivity contribution in [2.45, 2.75) is 12.5 Å². The second-order valence-corrected chi connectivity index (χ2v) is 5.45. The number of aliphatic hydroxyl groups is 1. The van der Waals surface area contributed by atoms with Crippen molar-refractivity contribution < 1.29 is 29.7 Å². The molecule has 0 heterocycles. The number of carbonyl (C=O) groups is 3. The van der Waals surface area contributed by atoms with Crippen LogP contribution in [0.5, 0.6) is 0 Å². The average Bonchev–Trinajstić information content (AvgIpc) is 2.22. The first kappa shape index (κ1) is 16.1. The maximum absolute atomic E-state index is 11.2. The highest BCUT2D eigenvalue weighted by molar-refractivity contribution is 8.76. The molecule has 0 aromatic carbocycles. The minimum absolute atomic E-state index is 0.00392. The Morgan fingerprint density at radius 3 is 2.29 bits per heavy atom. The Balaban J connectivity index is 3.96. The molecule has 1 unspecified atom stereocenters.